The van der Waals surface area contributed by atoms with Crippen LogP contribution in [0.3, 0.4) is 0 Å². The zero-order chi connectivity index (χ0) is 14.5. The van der Waals surface area contributed by atoms with Crippen LogP contribution in [0.15, 0.2) is 36.7 Å². The molecule has 0 saturated heterocycles. The molecule has 2 rings (SSSR count). The number of halogens is 1. The molecule has 1 N–H and O–H groups in total. The summed E-state index contributed by atoms with van der Waals surface area (Å²) in [5, 5.41) is 4.31. The summed E-state index contributed by atoms with van der Waals surface area (Å²) >= 11 is 6.34. The molecule has 1 unspecified atom stereocenters. The van der Waals surface area contributed by atoms with Gasteiger partial charge < -0.3 is 5.32 Å². The zero-order valence-corrected chi connectivity index (χ0v) is 13.0. The van der Waals surface area contributed by atoms with Crippen molar-refractivity contribution in [3.05, 3.63) is 63.9 Å². The fourth-order valence-corrected chi connectivity index (χ4v) is 2.61. The van der Waals surface area contributed by atoms with Crippen molar-refractivity contribution in [3.63, 3.8) is 0 Å². The van der Waals surface area contributed by atoms with Gasteiger partial charge in [-0.2, -0.15) is 0 Å². The smallest absolute Gasteiger partial charge is 0.0640 e. The highest BCUT2D eigenvalue weighted by Crippen LogP contribution is 2.30. The van der Waals surface area contributed by atoms with Crippen LogP contribution in [0.2, 0.25) is 5.02 Å². The number of benzene rings is 1. The lowest BCUT2D eigenvalue weighted by Crippen LogP contribution is -2.24. The number of nitrogens with one attached hydrogen (secondary N) is 1. The van der Waals surface area contributed by atoms with Crippen LogP contribution in [0.4, 0.5) is 0 Å². The van der Waals surface area contributed by atoms with Crippen LogP contribution in [0.25, 0.3) is 0 Å². The van der Waals surface area contributed by atoms with Gasteiger partial charge in [-0.1, -0.05) is 36.7 Å². The van der Waals surface area contributed by atoms with Crippen molar-refractivity contribution in [1.29, 1.82) is 0 Å². The average molecular weight is 289 g/mol. The third-order valence-corrected chi connectivity index (χ3v) is 3.99. The second-order valence-corrected chi connectivity index (χ2v) is 5.48. The molecule has 1 aromatic heterocycles. The van der Waals surface area contributed by atoms with E-state index in [4.69, 9.17) is 11.6 Å². The van der Waals surface area contributed by atoms with E-state index in [1.165, 1.54) is 16.7 Å². The van der Waals surface area contributed by atoms with Gasteiger partial charge in [0, 0.05) is 12.4 Å². The summed E-state index contributed by atoms with van der Waals surface area (Å²) in [6.45, 7) is 7.43. The first-order valence-corrected chi connectivity index (χ1v) is 7.41. The Hall–Kier alpha value is -1.38. The van der Waals surface area contributed by atoms with E-state index in [9.17, 15) is 0 Å². The molecule has 0 amide bonds. The first-order valence-electron chi connectivity index (χ1n) is 7.04. The molecule has 20 heavy (non-hydrogen) atoms. The van der Waals surface area contributed by atoms with E-state index in [1.807, 2.05) is 6.07 Å². The minimum atomic E-state index is 0.116. The van der Waals surface area contributed by atoms with E-state index in [-0.39, 0.29) is 6.04 Å². The Morgan fingerprint density at radius 3 is 2.70 bits per heavy atom. The molecule has 106 valence electrons. The second kappa shape index (κ2) is 6.87. The normalized spacial score (nSPS) is 12.4. The number of hydrogen-bond donors (Lipinski definition) is 1. The highest BCUT2D eigenvalue weighted by Gasteiger charge is 2.18. The molecule has 0 aliphatic rings. The van der Waals surface area contributed by atoms with Crippen LogP contribution in [0.1, 0.15) is 41.6 Å². The van der Waals surface area contributed by atoms with Crippen molar-refractivity contribution in [2.24, 2.45) is 0 Å². The highest BCUT2D eigenvalue weighted by atomic mass is 35.5. The van der Waals surface area contributed by atoms with E-state index in [0.29, 0.717) is 5.02 Å². The fourth-order valence-electron chi connectivity index (χ4n) is 2.38. The largest absolute Gasteiger partial charge is 0.306 e. The summed E-state index contributed by atoms with van der Waals surface area (Å²) in [5.74, 6) is 0. The van der Waals surface area contributed by atoms with Crippen molar-refractivity contribution in [2.45, 2.75) is 33.2 Å². The van der Waals surface area contributed by atoms with Crippen LogP contribution in [-0.2, 0) is 0 Å². The number of nitrogens with zero attached hydrogens (tertiary/aromatic N) is 1. The van der Waals surface area contributed by atoms with Gasteiger partial charge in [-0.25, -0.2) is 0 Å². The summed E-state index contributed by atoms with van der Waals surface area (Å²) < 4.78 is 0. The molecule has 1 atom stereocenters. The Morgan fingerprint density at radius 2 is 2.00 bits per heavy atom. The van der Waals surface area contributed by atoms with Gasteiger partial charge in [-0.3, -0.25) is 4.98 Å². The molecule has 0 radical (unpaired) electrons. The van der Waals surface area contributed by atoms with E-state index in [2.05, 4.69) is 49.3 Å². The van der Waals surface area contributed by atoms with Gasteiger partial charge in [-0.05, 0) is 55.1 Å². The Kier molecular flexibility index (Phi) is 5.16. The number of aryl methyl sites for hydroxylation is 1. The monoisotopic (exact) mass is 288 g/mol. The number of hydrogen-bond acceptors (Lipinski definition) is 2. The Morgan fingerprint density at radius 1 is 1.20 bits per heavy atom. The SMILES string of the molecule is CCCNC(c1ccncc1Cl)c1cccc(C)c1C. The molecular weight excluding hydrogens is 268 g/mol. The maximum Gasteiger partial charge on any atom is 0.0640 e. The molecule has 1 heterocycles. The van der Waals surface area contributed by atoms with E-state index in [0.717, 1.165) is 18.5 Å². The first-order chi connectivity index (χ1) is 9.65. The molecule has 2 aromatic rings. The predicted molar refractivity (Wildman–Crippen MR) is 85.3 cm³/mol. The van der Waals surface area contributed by atoms with Gasteiger partial charge in [0.25, 0.3) is 0 Å². The van der Waals surface area contributed by atoms with Gasteiger partial charge in [-0.15, -0.1) is 0 Å². The van der Waals surface area contributed by atoms with E-state index in [1.54, 1.807) is 12.4 Å². The van der Waals surface area contributed by atoms with Crippen LogP contribution in [0, 0.1) is 13.8 Å². The minimum absolute atomic E-state index is 0.116. The number of aromatic nitrogens is 1. The Bertz CT molecular complexity index is 581. The molecule has 0 spiro atoms. The second-order valence-electron chi connectivity index (χ2n) is 5.07. The van der Waals surface area contributed by atoms with Gasteiger partial charge >= 0.3 is 0 Å². The van der Waals surface area contributed by atoms with E-state index < -0.39 is 0 Å². The molecule has 1 aromatic carbocycles. The van der Waals surface area contributed by atoms with E-state index >= 15 is 0 Å². The average Bonchev–Trinajstić information content (AvgIpc) is 2.45. The Labute approximate surface area is 126 Å². The maximum atomic E-state index is 6.34. The number of pyridine rings is 1. The molecule has 2 nitrogen and oxygen atoms in total. The highest BCUT2D eigenvalue weighted by molar-refractivity contribution is 6.31. The van der Waals surface area contributed by atoms with Crippen LogP contribution in [0.5, 0.6) is 0 Å². The molecule has 0 saturated carbocycles. The van der Waals surface area contributed by atoms with Gasteiger partial charge in [0.1, 0.15) is 0 Å². The predicted octanol–water partition coefficient (Wildman–Crippen LogP) is 4.44. The first kappa shape index (κ1) is 15.0. The van der Waals surface area contributed by atoms with Crippen LogP contribution >= 0.6 is 11.6 Å². The third kappa shape index (κ3) is 3.20. The summed E-state index contributed by atoms with van der Waals surface area (Å²) in [6, 6.07) is 8.53. The van der Waals surface area contributed by atoms with Crippen molar-refractivity contribution >= 4 is 11.6 Å². The molecule has 0 aliphatic carbocycles. The third-order valence-electron chi connectivity index (χ3n) is 3.67. The van der Waals surface area contributed by atoms with Crippen molar-refractivity contribution in [2.75, 3.05) is 6.54 Å². The Balaban J connectivity index is 2.47. The van der Waals surface area contributed by atoms with Gasteiger partial charge in [0.05, 0.1) is 11.1 Å². The number of rotatable bonds is 5. The maximum absolute atomic E-state index is 6.34. The fraction of sp³-hybridized carbons (Fsp3) is 0.353. The molecule has 0 aliphatic heterocycles. The van der Waals surface area contributed by atoms with Gasteiger partial charge in [0.15, 0.2) is 0 Å². The zero-order valence-electron chi connectivity index (χ0n) is 12.3. The quantitative estimate of drug-likeness (QED) is 0.880. The molecule has 0 bridgehead atoms. The summed E-state index contributed by atoms with van der Waals surface area (Å²) in [7, 11) is 0. The van der Waals surface area contributed by atoms with Crippen molar-refractivity contribution < 1.29 is 0 Å². The topological polar surface area (TPSA) is 24.9 Å². The molecular formula is C17H21ClN2. The lowest BCUT2D eigenvalue weighted by Gasteiger charge is -2.23. The van der Waals surface area contributed by atoms with Crippen LogP contribution < -0.4 is 5.32 Å². The summed E-state index contributed by atoms with van der Waals surface area (Å²) in [4.78, 5) is 4.08. The van der Waals surface area contributed by atoms with Crippen molar-refractivity contribution in [3.8, 4) is 0 Å². The molecule has 0 fully saturated rings. The molecule has 3 heteroatoms. The van der Waals surface area contributed by atoms with Gasteiger partial charge in [0.2, 0.25) is 0 Å². The minimum Gasteiger partial charge on any atom is -0.306 e. The van der Waals surface area contributed by atoms with Crippen LogP contribution in [-0.4, -0.2) is 11.5 Å². The summed E-state index contributed by atoms with van der Waals surface area (Å²) in [6.07, 6.45) is 4.60. The standard InChI is InChI=1S/C17H21ClN2/c1-4-9-20-17(15-8-10-19-11-16(15)18)14-7-5-6-12(2)13(14)3/h5-8,10-11,17,20H,4,9H2,1-3H3. The summed E-state index contributed by atoms with van der Waals surface area (Å²) in [5.41, 5.74) is 4.99. The lowest BCUT2D eigenvalue weighted by atomic mass is 9.93. The van der Waals surface area contributed by atoms with Crippen molar-refractivity contribution in [1.82, 2.24) is 10.3 Å². The lowest BCUT2D eigenvalue weighted by molar-refractivity contribution is 0.595.